The normalized spacial score (nSPS) is 18.6. The standard InChI is InChI=1S/C28H35N3O5/c1-4-35-23-11-9-20(10-12-23)26-18-25(22-7-6-8-24(17-22)34-3)29-31(26)27(32)19-30-15-13-21(14-16-30)28(33)36-5-2/h6-12,17,21,26H,4-5,13-16,18-19H2,1-3H3. The van der Waals surface area contributed by atoms with E-state index in [1.165, 1.54) is 0 Å². The molecule has 1 fully saturated rings. The quantitative estimate of drug-likeness (QED) is 0.491. The Balaban J connectivity index is 1.50. The number of esters is 1. The molecular formula is C28H35N3O5. The fourth-order valence-electron chi connectivity index (χ4n) is 4.78. The van der Waals surface area contributed by atoms with Gasteiger partial charge in [-0.2, -0.15) is 5.10 Å². The Morgan fingerprint density at radius 2 is 1.75 bits per heavy atom. The van der Waals surface area contributed by atoms with Crippen molar-refractivity contribution < 1.29 is 23.8 Å². The number of piperidine rings is 1. The van der Waals surface area contributed by atoms with Crippen molar-refractivity contribution in [1.82, 2.24) is 9.91 Å². The zero-order chi connectivity index (χ0) is 25.5. The van der Waals surface area contributed by atoms with Crippen molar-refractivity contribution in [3.63, 3.8) is 0 Å². The molecule has 2 heterocycles. The number of carbonyl (C=O) groups excluding carboxylic acids is 2. The van der Waals surface area contributed by atoms with E-state index in [0.717, 1.165) is 28.3 Å². The zero-order valence-corrected chi connectivity index (χ0v) is 21.3. The molecule has 0 saturated carbocycles. The van der Waals surface area contributed by atoms with Crippen molar-refractivity contribution in [3.8, 4) is 11.5 Å². The molecule has 1 unspecified atom stereocenters. The molecular weight excluding hydrogens is 458 g/mol. The minimum atomic E-state index is -0.202. The van der Waals surface area contributed by atoms with Crippen LogP contribution in [-0.2, 0) is 14.3 Å². The van der Waals surface area contributed by atoms with Gasteiger partial charge in [0.25, 0.3) is 5.91 Å². The molecule has 192 valence electrons. The van der Waals surface area contributed by atoms with Crippen LogP contribution in [-0.4, -0.2) is 67.5 Å². The fourth-order valence-corrected chi connectivity index (χ4v) is 4.78. The molecule has 1 saturated heterocycles. The first-order valence-corrected chi connectivity index (χ1v) is 12.7. The number of amides is 1. The van der Waals surface area contributed by atoms with Gasteiger partial charge in [-0.1, -0.05) is 24.3 Å². The molecule has 0 radical (unpaired) electrons. The first-order chi connectivity index (χ1) is 17.5. The van der Waals surface area contributed by atoms with Crippen LogP contribution in [0.25, 0.3) is 0 Å². The molecule has 1 atom stereocenters. The highest BCUT2D eigenvalue weighted by Gasteiger charge is 2.35. The van der Waals surface area contributed by atoms with E-state index in [-0.39, 0.29) is 30.4 Å². The topological polar surface area (TPSA) is 80.7 Å². The van der Waals surface area contributed by atoms with Crippen LogP contribution in [0.1, 0.15) is 50.3 Å². The van der Waals surface area contributed by atoms with Crippen molar-refractivity contribution in [2.75, 3.05) is 40.0 Å². The van der Waals surface area contributed by atoms with E-state index >= 15 is 0 Å². The Morgan fingerprint density at radius 3 is 2.42 bits per heavy atom. The third kappa shape index (κ3) is 6.05. The van der Waals surface area contributed by atoms with Crippen LogP contribution in [0.5, 0.6) is 11.5 Å². The van der Waals surface area contributed by atoms with Gasteiger partial charge in [0.1, 0.15) is 11.5 Å². The number of carbonyl (C=O) groups is 2. The second-order valence-electron chi connectivity index (χ2n) is 9.04. The molecule has 0 spiro atoms. The van der Waals surface area contributed by atoms with Crippen molar-refractivity contribution in [1.29, 1.82) is 0 Å². The predicted molar refractivity (Wildman–Crippen MR) is 137 cm³/mol. The van der Waals surface area contributed by atoms with E-state index in [1.807, 2.05) is 62.4 Å². The molecule has 8 nitrogen and oxygen atoms in total. The van der Waals surface area contributed by atoms with Gasteiger partial charge in [0.05, 0.1) is 44.5 Å². The average Bonchev–Trinajstić information content (AvgIpc) is 3.36. The van der Waals surface area contributed by atoms with Gasteiger partial charge in [-0.15, -0.1) is 0 Å². The van der Waals surface area contributed by atoms with Crippen LogP contribution in [0.15, 0.2) is 53.6 Å². The molecule has 2 aliphatic rings. The van der Waals surface area contributed by atoms with Gasteiger partial charge in [0.2, 0.25) is 0 Å². The van der Waals surface area contributed by atoms with E-state index in [4.69, 9.17) is 19.3 Å². The summed E-state index contributed by atoms with van der Waals surface area (Å²) < 4.78 is 16.1. The highest BCUT2D eigenvalue weighted by atomic mass is 16.5. The van der Waals surface area contributed by atoms with Gasteiger partial charge in [-0.3, -0.25) is 14.5 Å². The predicted octanol–water partition coefficient (Wildman–Crippen LogP) is 4.05. The van der Waals surface area contributed by atoms with Gasteiger partial charge >= 0.3 is 5.97 Å². The van der Waals surface area contributed by atoms with E-state index < -0.39 is 0 Å². The summed E-state index contributed by atoms with van der Waals surface area (Å²) in [6.45, 7) is 6.40. The molecule has 0 bridgehead atoms. The van der Waals surface area contributed by atoms with Crippen molar-refractivity contribution in [2.24, 2.45) is 11.0 Å². The number of methoxy groups -OCH3 is 1. The number of nitrogens with zero attached hydrogens (tertiary/aromatic N) is 3. The van der Waals surface area contributed by atoms with Crippen LogP contribution in [0, 0.1) is 5.92 Å². The summed E-state index contributed by atoms with van der Waals surface area (Å²) in [5.41, 5.74) is 2.80. The summed E-state index contributed by atoms with van der Waals surface area (Å²) in [4.78, 5) is 27.7. The summed E-state index contributed by atoms with van der Waals surface area (Å²) >= 11 is 0. The smallest absolute Gasteiger partial charge is 0.309 e. The SMILES string of the molecule is CCOC(=O)C1CCN(CC(=O)N2N=C(c3cccc(OC)c3)CC2c2ccc(OCC)cc2)CC1. The minimum absolute atomic E-state index is 0.0543. The number of hydrazone groups is 1. The van der Waals surface area contributed by atoms with Crippen LogP contribution in [0.4, 0.5) is 0 Å². The van der Waals surface area contributed by atoms with Crippen LogP contribution in [0.2, 0.25) is 0 Å². The molecule has 36 heavy (non-hydrogen) atoms. The lowest BCUT2D eigenvalue weighted by atomic mass is 9.97. The summed E-state index contributed by atoms with van der Waals surface area (Å²) in [6, 6.07) is 15.4. The highest BCUT2D eigenvalue weighted by molar-refractivity contribution is 6.03. The first kappa shape index (κ1) is 25.7. The van der Waals surface area contributed by atoms with Gasteiger partial charge in [0.15, 0.2) is 0 Å². The van der Waals surface area contributed by atoms with Gasteiger partial charge < -0.3 is 14.2 Å². The lowest BCUT2D eigenvalue weighted by molar-refractivity contribution is -0.149. The molecule has 0 N–H and O–H groups in total. The minimum Gasteiger partial charge on any atom is -0.497 e. The monoisotopic (exact) mass is 493 g/mol. The van der Waals surface area contributed by atoms with Crippen molar-refractivity contribution >= 4 is 17.6 Å². The number of hydrogen-bond donors (Lipinski definition) is 0. The van der Waals surface area contributed by atoms with Crippen LogP contribution < -0.4 is 9.47 Å². The van der Waals surface area contributed by atoms with Gasteiger partial charge in [-0.25, -0.2) is 5.01 Å². The lowest BCUT2D eigenvalue weighted by Crippen LogP contribution is -2.43. The number of benzene rings is 2. The second kappa shape index (κ2) is 12.0. The summed E-state index contributed by atoms with van der Waals surface area (Å²) in [5, 5.41) is 6.42. The summed E-state index contributed by atoms with van der Waals surface area (Å²) in [6.07, 6.45) is 2.01. The summed E-state index contributed by atoms with van der Waals surface area (Å²) in [5.74, 6) is 1.28. The van der Waals surface area contributed by atoms with Crippen molar-refractivity contribution in [2.45, 2.75) is 39.2 Å². The van der Waals surface area contributed by atoms with Crippen LogP contribution in [0.3, 0.4) is 0 Å². The van der Waals surface area contributed by atoms with Crippen molar-refractivity contribution in [3.05, 3.63) is 59.7 Å². The first-order valence-electron chi connectivity index (χ1n) is 12.7. The number of likely N-dealkylation sites (tertiary alicyclic amines) is 1. The Kier molecular flexibility index (Phi) is 8.59. The maximum absolute atomic E-state index is 13.5. The molecule has 2 aromatic carbocycles. The Hall–Kier alpha value is -3.39. The highest BCUT2D eigenvalue weighted by Crippen LogP contribution is 2.34. The van der Waals surface area contributed by atoms with Crippen LogP contribution >= 0.6 is 0 Å². The molecule has 0 aromatic heterocycles. The maximum atomic E-state index is 13.5. The fraction of sp³-hybridized carbons (Fsp3) is 0.464. The Morgan fingerprint density at radius 1 is 1.00 bits per heavy atom. The largest absolute Gasteiger partial charge is 0.497 e. The van der Waals surface area contributed by atoms with E-state index in [0.29, 0.717) is 45.6 Å². The van der Waals surface area contributed by atoms with Gasteiger partial charge in [-0.05, 0) is 69.6 Å². The Bertz CT molecular complexity index is 1080. The molecule has 8 heteroatoms. The average molecular weight is 494 g/mol. The third-order valence-electron chi connectivity index (χ3n) is 6.71. The second-order valence-corrected chi connectivity index (χ2v) is 9.04. The number of hydrogen-bond acceptors (Lipinski definition) is 7. The molecule has 2 aromatic rings. The van der Waals surface area contributed by atoms with E-state index in [9.17, 15) is 9.59 Å². The Labute approximate surface area is 212 Å². The maximum Gasteiger partial charge on any atom is 0.309 e. The van der Waals surface area contributed by atoms with Gasteiger partial charge in [0, 0.05) is 12.0 Å². The summed E-state index contributed by atoms with van der Waals surface area (Å²) in [7, 11) is 1.64. The molecule has 1 amide bonds. The van der Waals surface area contributed by atoms with E-state index in [1.54, 1.807) is 12.1 Å². The molecule has 2 aliphatic heterocycles. The third-order valence-corrected chi connectivity index (χ3v) is 6.71. The zero-order valence-electron chi connectivity index (χ0n) is 21.3. The number of rotatable bonds is 9. The lowest BCUT2D eigenvalue weighted by Gasteiger charge is -2.32. The molecule has 4 rings (SSSR count). The number of ether oxygens (including phenoxy) is 3. The molecule has 0 aliphatic carbocycles. The van der Waals surface area contributed by atoms with E-state index in [2.05, 4.69) is 4.90 Å².